The molecule has 3 aromatic rings. The first-order valence-electron chi connectivity index (χ1n) is 8.18. The summed E-state index contributed by atoms with van der Waals surface area (Å²) in [6.07, 6.45) is 0. The summed E-state index contributed by atoms with van der Waals surface area (Å²) in [4.78, 5) is 23.4. The highest BCUT2D eigenvalue weighted by Gasteiger charge is 2.40. The van der Waals surface area contributed by atoms with Gasteiger partial charge in [0.1, 0.15) is 5.69 Å². The average Bonchev–Trinajstić information content (AvgIpc) is 3.34. The van der Waals surface area contributed by atoms with Crippen LogP contribution in [-0.4, -0.2) is 39.0 Å². The van der Waals surface area contributed by atoms with Gasteiger partial charge in [-0.25, -0.2) is 4.98 Å². The highest BCUT2D eigenvalue weighted by molar-refractivity contribution is 7.09. The van der Waals surface area contributed by atoms with Crippen molar-refractivity contribution in [3.05, 3.63) is 63.7 Å². The summed E-state index contributed by atoms with van der Waals surface area (Å²) in [5, 5.41) is 6.63. The second-order valence-corrected chi connectivity index (χ2v) is 7.33. The molecule has 1 saturated heterocycles. The van der Waals surface area contributed by atoms with Crippen LogP contribution in [0.3, 0.4) is 0 Å². The Kier molecular flexibility index (Phi) is 4.09. The van der Waals surface area contributed by atoms with Crippen LogP contribution in [0.5, 0.6) is 0 Å². The van der Waals surface area contributed by atoms with Crippen LogP contribution in [0.4, 0.5) is 0 Å². The van der Waals surface area contributed by atoms with Crippen molar-refractivity contribution in [2.75, 3.05) is 13.1 Å². The maximum absolute atomic E-state index is 12.8. The molecule has 1 aliphatic rings. The van der Waals surface area contributed by atoms with Crippen molar-refractivity contribution in [2.45, 2.75) is 25.7 Å². The van der Waals surface area contributed by atoms with Crippen LogP contribution < -0.4 is 0 Å². The second kappa shape index (κ2) is 6.40. The van der Waals surface area contributed by atoms with E-state index >= 15 is 0 Å². The van der Waals surface area contributed by atoms with Gasteiger partial charge in [-0.15, -0.1) is 11.3 Å². The van der Waals surface area contributed by atoms with Crippen LogP contribution in [0.15, 0.2) is 40.2 Å². The first-order valence-corrected chi connectivity index (χ1v) is 9.06. The number of nitrogens with zero attached hydrogens (tertiary/aromatic N) is 4. The number of likely N-dealkylation sites (tertiary alicyclic amines) is 1. The molecule has 0 spiro atoms. The second-order valence-electron chi connectivity index (χ2n) is 6.27. The molecule has 1 aromatic carbocycles. The number of aryl methyl sites for hydroxylation is 2. The summed E-state index contributed by atoms with van der Waals surface area (Å²) < 4.78 is 5.43. The van der Waals surface area contributed by atoms with Crippen molar-refractivity contribution in [3.8, 4) is 0 Å². The lowest BCUT2D eigenvalue weighted by atomic mass is 9.89. The molecular formula is C18H18N4O2S. The van der Waals surface area contributed by atoms with Crippen LogP contribution in [0.2, 0.25) is 0 Å². The van der Waals surface area contributed by atoms with Crippen molar-refractivity contribution >= 4 is 17.2 Å². The lowest BCUT2D eigenvalue weighted by molar-refractivity contribution is 0.0783. The summed E-state index contributed by atoms with van der Waals surface area (Å²) in [6, 6.07) is 10.2. The normalized spacial score (nSPS) is 20.2. The van der Waals surface area contributed by atoms with Crippen LogP contribution in [0.25, 0.3) is 0 Å². The Labute approximate surface area is 149 Å². The van der Waals surface area contributed by atoms with Gasteiger partial charge in [0.2, 0.25) is 5.89 Å². The number of hydrogen-bond donors (Lipinski definition) is 0. The third kappa shape index (κ3) is 3.07. The van der Waals surface area contributed by atoms with Crippen LogP contribution in [0, 0.1) is 13.8 Å². The van der Waals surface area contributed by atoms with Gasteiger partial charge in [0.25, 0.3) is 5.91 Å². The average molecular weight is 354 g/mol. The quantitative estimate of drug-likeness (QED) is 0.722. The Morgan fingerprint density at radius 1 is 1.16 bits per heavy atom. The molecular weight excluding hydrogens is 336 g/mol. The van der Waals surface area contributed by atoms with Crippen molar-refractivity contribution in [2.24, 2.45) is 0 Å². The highest BCUT2D eigenvalue weighted by Crippen LogP contribution is 2.39. The van der Waals surface area contributed by atoms with Crippen molar-refractivity contribution in [3.63, 3.8) is 0 Å². The van der Waals surface area contributed by atoms with E-state index in [-0.39, 0.29) is 17.7 Å². The summed E-state index contributed by atoms with van der Waals surface area (Å²) in [5.41, 5.74) is 1.68. The molecule has 0 aliphatic carbocycles. The van der Waals surface area contributed by atoms with Gasteiger partial charge in [-0.1, -0.05) is 35.5 Å². The van der Waals surface area contributed by atoms with Gasteiger partial charge in [0, 0.05) is 24.4 Å². The first kappa shape index (κ1) is 16.0. The number of thiazole rings is 1. The Morgan fingerprint density at radius 3 is 2.56 bits per heavy atom. The van der Waals surface area contributed by atoms with Gasteiger partial charge in [-0.2, -0.15) is 4.98 Å². The van der Waals surface area contributed by atoms with E-state index in [9.17, 15) is 4.79 Å². The van der Waals surface area contributed by atoms with Gasteiger partial charge < -0.3 is 9.42 Å². The minimum atomic E-state index is -0.0379. The number of hydrogen-bond acceptors (Lipinski definition) is 6. The van der Waals surface area contributed by atoms with Gasteiger partial charge in [0.15, 0.2) is 5.82 Å². The largest absolute Gasteiger partial charge is 0.339 e. The summed E-state index contributed by atoms with van der Waals surface area (Å²) in [7, 11) is 0. The monoisotopic (exact) mass is 354 g/mol. The number of amides is 1. The number of carbonyl (C=O) groups excluding carboxylic acids is 1. The molecule has 25 heavy (non-hydrogen) atoms. The molecule has 1 amide bonds. The molecule has 0 saturated carbocycles. The molecule has 0 N–H and O–H groups in total. The zero-order valence-electron chi connectivity index (χ0n) is 14.0. The maximum Gasteiger partial charge on any atom is 0.273 e. The third-order valence-electron chi connectivity index (χ3n) is 4.53. The van der Waals surface area contributed by atoms with E-state index < -0.39 is 0 Å². The fourth-order valence-electron chi connectivity index (χ4n) is 3.35. The lowest BCUT2D eigenvalue weighted by Crippen LogP contribution is -2.29. The minimum absolute atomic E-state index is 0.00715. The molecule has 0 bridgehead atoms. The number of carbonyl (C=O) groups is 1. The van der Waals surface area contributed by atoms with E-state index in [0.29, 0.717) is 30.5 Å². The van der Waals surface area contributed by atoms with E-state index in [2.05, 4.69) is 27.3 Å². The molecule has 2 atom stereocenters. The molecule has 2 aromatic heterocycles. The molecule has 4 rings (SSSR count). The smallest absolute Gasteiger partial charge is 0.273 e. The summed E-state index contributed by atoms with van der Waals surface area (Å²) in [5.74, 6) is 1.29. The number of rotatable bonds is 3. The standard InChI is InChI=1S/C18H18N4O2S/c1-11-19-17(24-21-11)15-9-22(18(23)16-10-25-12(2)20-16)8-14(15)13-6-4-3-5-7-13/h3-7,10,14-15H,8-9H2,1-2H3/t14-,15-/m1/s1. The Balaban J connectivity index is 1.65. The SMILES string of the molecule is Cc1noc([C@@H]2CN(C(=O)c3csc(C)n3)C[C@@H]2c2ccccc2)n1. The lowest BCUT2D eigenvalue weighted by Gasteiger charge is -2.15. The van der Waals surface area contributed by atoms with Gasteiger partial charge >= 0.3 is 0 Å². The topological polar surface area (TPSA) is 72.1 Å². The van der Waals surface area contributed by atoms with Crippen LogP contribution in [0.1, 0.15) is 44.6 Å². The number of benzene rings is 1. The van der Waals surface area contributed by atoms with Gasteiger partial charge in [-0.3, -0.25) is 4.79 Å². The molecule has 1 fully saturated rings. The van der Waals surface area contributed by atoms with Crippen LogP contribution >= 0.6 is 11.3 Å². The Morgan fingerprint density at radius 2 is 1.92 bits per heavy atom. The third-order valence-corrected chi connectivity index (χ3v) is 5.31. The van der Waals surface area contributed by atoms with E-state index in [0.717, 1.165) is 5.01 Å². The van der Waals surface area contributed by atoms with Crippen molar-refractivity contribution < 1.29 is 9.32 Å². The Hall–Kier alpha value is -2.54. The van der Waals surface area contributed by atoms with E-state index in [1.54, 1.807) is 6.92 Å². The predicted octanol–water partition coefficient (Wildman–Crippen LogP) is 3.17. The minimum Gasteiger partial charge on any atom is -0.339 e. The van der Waals surface area contributed by atoms with E-state index in [1.165, 1.54) is 16.9 Å². The van der Waals surface area contributed by atoms with Crippen molar-refractivity contribution in [1.29, 1.82) is 0 Å². The summed E-state index contributed by atoms with van der Waals surface area (Å²) in [6.45, 7) is 4.88. The zero-order valence-corrected chi connectivity index (χ0v) is 14.9. The van der Waals surface area contributed by atoms with E-state index in [4.69, 9.17) is 4.52 Å². The maximum atomic E-state index is 12.8. The first-order chi connectivity index (χ1) is 12.1. The molecule has 1 aliphatic heterocycles. The number of aromatic nitrogens is 3. The fraction of sp³-hybridized carbons (Fsp3) is 0.333. The van der Waals surface area contributed by atoms with Gasteiger partial charge in [-0.05, 0) is 19.4 Å². The van der Waals surface area contributed by atoms with Crippen molar-refractivity contribution in [1.82, 2.24) is 20.0 Å². The molecule has 6 nitrogen and oxygen atoms in total. The summed E-state index contributed by atoms with van der Waals surface area (Å²) >= 11 is 1.49. The molecule has 128 valence electrons. The molecule has 7 heteroatoms. The van der Waals surface area contributed by atoms with Crippen LogP contribution in [-0.2, 0) is 0 Å². The fourth-order valence-corrected chi connectivity index (χ4v) is 3.93. The van der Waals surface area contributed by atoms with E-state index in [1.807, 2.05) is 35.4 Å². The molecule has 3 heterocycles. The molecule has 0 radical (unpaired) electrons. The zero-order chi connectivity index (χ0) is 17.4. The predicted molar refractivity (Wildman–Crippen MR) is 93.7 cm³/mol. The Bertz CT molecular complexity index is 889. The highest BCUT2D eigenvalue weighted by atomic mass is 32.1. The van der Waals surface area contributed by atoms with Gasteiger partial charge in [0.05, 0.1) is 10.9 Å². The molecule has 0 unspecified atom stereocenters.